The quantitative estimate of drug-likeness (QED) is 0.797. The average Bonchev–Trinajstić information content (AvgIpc) is 2.37. The van der Waals surface area contributed by atoms with Gasteiger partial charge in [-0.3, -0.25) is 4.79 Å². The van der Waals surface area contributed by atoms with Crippen molar-refractivity contribution < 1.29 is 4.79 Å². The lowest BCUT2D eigenvalue weighted by Gasteiger charge is -2.47. The number of piperidine rings is 2. The number of carbonyl (C=O) groups is 1. The van der Waals surface area contributed by atoms with Gasteiger partial charge in [-0.25, -0.2) is 0 Å². The van der Waals surface area contributed by atoms with E-state index in [4.69, 9.17) is 0 Å². The minimum atomic E-state index is 0.279. The van der Waals surface area contributed by atoms with Gasteiger partial charge < -0.3 is 4.90 Å². The Bertz CT molecular complexity index is 548. The molecule has 2 aliphatic rings. The summed E-state index contributed by atoms with van der Waals surface area (Å²) < 4.78 is 0.983. The first kappa shape index (κ1) is 12.7. The van der Waals surface area contributed by atoms with E-state index in [1.165, 1.54) is 6.42 Å². The Morgan fingerprint density at radius 2 is 1.95 bits per heavy atom. The highest BCUT2D eigenvalue weighted by molar-refractivity contribution is 9.10. The number of halogens is 1. The van der Waals surface area contributed by atoms with Gasteiger partial charge in [0, 0.05) is 29.4 Å². The zero-order valence-electron chi connectivity index (χ0n) is 10.6. The molecule has 2 bridgehead atoms. The number of benzene rings is 1. The van der Waals surface area contributed by atoms with Gasteiger partial charge in [0.25, 0.3) is 0 Å². The molecule has 3 rings (SSSR count). The first-order valence-corrected chi connectivity index (χ1v) is 7.48. The van der Waals surface area contributed by atoms with Gasteiger partial charge >= 0.3 is 0 Å². The Hall–Kier alpha value is -1.34. The molecule has 98 valence electrons. The minimum Gasteiger partial charge on any atom is -0.364 e. The van der Waals surface area contributed by atoms with Crippen molar-refractivity contribution in [3.05, 3.63) is 28.2 Å². The summed E-state index contributed by atoms with van der Waals surface area (Å²) in [7, 11) is 0. The number of hydrogen-bond donors (Lipinski definition) is 0. The number of nitriles is 1. The largest absolute Gasteiger partial charge is 0.364 e. The van der Waals surface area contributed by atoms with E-state index in [0.717, 1.165) is 23.0 Å². The van der Waals surface area contributed by atoms with Gasteiger partial charge in [0.15, 0.2) is 0 Å². The first-order chi connectivity index (χ1) is 9.19. The van der Waals surface area contributed by atoms with E-state index in [1.54, 1.807) is 0 Å². The fourth-order valence-electron chi connectivity index (χ4n) is 3.38. The molecular weight excluding hydrogens is 304 g/mol. The molecule has 2 atom stereocenters. The second-order valence-corrected chi connectivity index (χ2v) is 6.28. The first-order valence-electron chi connectivity index (χ1n) is 6.68. The molecule has 2 unspecified atom stereocenters. The van der Waals surface area contributed by atoms with E-state index < -0.39 is 0 Å². The molecule has 0 amide bonds. The van der Waals surface area contributed by atoms with Crippen molar-refractivity contribution in [2.45, 2.75) is 44.2 Å². The average molecular weight is 319 g/mol. The molecule has 4 heteroatoms. The molecule has 0 aliphatic carbocycles. The van der Waals surface area contributed by atoms with E-state index in [0.29, 0.717) is 24.2 Å². The summed E-state index contributed by atoms with van der Waals surface area (Å²) in [4.78, 5) is 14.1. The molecule has 2 heterocycles. The van der Waals surface area contributed by atoms with E-state index in [2.05, 4.69) is 26.9 Å². The van der Waals surface area contributed by atoms with Crippen molar-refractivity contribution in [1.29, 1.82) is 5.26 Å². The molecule has 1 aromatic rings. The van der Waals surface area contributed by atoms with Crippen LogP contribution >= 0.6 is 15.9 Å². The highest BCUT2D eigenvalue weighted by Gasteiger charge is 2.38. The molecule has 1 aromatic carbocycles. The van der Waals surface area contributed by atoms with Gasteiger partial charge in [-0.15, -0.1) is 0 Å². The van der Waals surface area contributed by atoms with Crippen LogP contribution in [0.15, 0.2) is 22.7 Å². The number of rotatable bonds is 1. The summed E-state index contributed by atoms with van der Waals surface area (Å²) >= 11 is 3.48. The van der Waals surface area contributed by atoms with E-state index in [9.17, 15) is 10.1 Å². The standard InChI is InChI=1S/C15H15BrN2O/c16-11-5-4-10(9-17)15(6-11)18-12-2-1-3-13(18)8-14(19)7-12/h4-6,12-13H,1-3,7-8H2. The molecule has 2 fully saturated rings. The molecule has 0 radical (unpaired) electrons. The molecule has 2 aliphatic heterocycles. The van der Waals surface area contributed by atoms with Crippen LogP contribution < -0.4 is 4.90 Å². The summed E-state index contributed by atoms with van der Waals surface area (Å²) in [6.45, 7) is 0. The summed E-state index contributed by atoms with van der Waals surface area (Å²) in [6.07, 6.45) is 4.57. The van der Waals surface area contributed by atoms with Crippen LogP contribution in [0, 0.1) is 11.3 Å². The van der Waals surface area contributed by atoms with Crippen LogP contribution in [0.4, 0.5) is 5.69 Å². The third-order valence-corrected chi connectivity index (χ3v) is 4.64. The van der Waals surface area contributed by atoms with Crippen LogP contribution in [-0.4, -0.2) is 17.9 Å². The third kappa shape index (κ3) is 2.28. The maximum Gasteiger partial charge on any atom is 0.137 e. The van der Waals surface area contributed by atoms with Crippen molar-refractivity contribution in [3.8, 4) is 6.07 Å². The molecule has 0 aromatic heterocycles. The van der Waals surface area contributed by atoms with Gasteiger partial charge in [0.1, 0.15) is 11.9 Å². The lowest BCUT2D eigenvalue weighted by atomic mass is 9.83. The second-order valence-electron chi connectivity index (χ2n) is 5.37. The van der Waals surface area contributed by atoms with Crippen LogP contribution in [0.25, 0.3) is 0 Å². The predicted octanol–water partition coefficient (Wildman–Crippen LogP) is 3.41. The highest BCUT2D eigenvalue weighted by Crippen LogP contribution is 2.38. The molecule has 3 nitrogen and oxygen atoms in total. The zero-order valence-corrected chi connectivity index (χ0v) is 12.2. The Balaban J connectivity index is 2.04. The van der Waals surface area contributed by atoms with Crippen LogP contribution in [0.2, 0.25) is 0 Å². The summed E-state index contributed by atoms with van der Waals surface area (Å²) in [5.41, 5.74) is 1.69. The number of nitrogens with zero attached hydrogens (tertiary/aromatic N) is 2. The lowest BCUT2D eigenvalue weighted by Crippen LogP contribution is -2.52. The van der Waals surface area contributed by atoms with Gasteiger partial charge in [0.2, 0.25) is 0 Å². The number of hydrogen-bond acceptors (Lipinski definition) is 3. The van der Waals surface area contributed by atoms with Crippen molar-refractivity contribution in [1.82, 2.24) is 0 Å². The summed E-state index contributed by atoms with van der Waals surface area (Å²) in [5.74, 6) is 0.374. The zero-order chi connectivity index (χ0) is 13.4. The van der Waals surface area contributed by atoms with Crippen molar-refractivity contribution in [2.24, 2.45) is 0 Å². The third-order valence-electron chi connectivity index (χ3n) is 4.15. The Morgan fingerprint density at radius 1 is 1.26 bits per heavy atom. The van der Waals surface area contributed by atoms with Gasteiger partial charge in [0.05, 0.1) is 11.3 Å². The lowest BCUT2D eigenvalue weighted by molar-refractivity contribution is -0.121. The Kier molecular flexibility index (Phi) is 3.32. The molecule has 19 heavy (non-hydrogen) atoms. The topological polar surface area (TPSA) is 44.1 Å². The molecule has 0 N–H and O–H groups in total. The molecular formula is C15H15BrN2O. The fourth-order valence-corrected chi connectivity index (χ4v) is 3.73. The molecule has 0 spiro atoms. The van der Waals surface area contributed by atoms with Crippen LogP contribution in [0.3, 0.4) is 0 Å². The molecule has 2 saturated heterocycles. The SMILES string of the molecule is N#Cc1ccc(Br)cc1N1C2CCCC1CC(=O)C2. The molecule has 0 saturated carbocycles. The Labute approximate surface area is 121 Å². The Morgan fingerprint density at radius 3 is 2.58 bits per heavy atom. The van der Waals surface area contributed by atoms with Crippen molar-refractivity contribution in [3.63, 3.8) is 0 Å². The van der Waals surface area contributed by atoms with Crippen molar-refractivity contribution in [2.75, 3.05) is 4.90 Å². The van der Waals surface area contributed by atoms with Crippen LogP contribution in [0.1, 0.15) is 37.7 Å². The van der Waals surface area contributed by atoms with Gasteiger partial charge in [-0.1, -0.05) is 15.9 Å². The summed E-state index contributed by atoms with van der Waals surface area (Å²) in [6, 6.07) is 8.59. The maximum atomic E-state index is 11.8. The van der Waals surface area contributed by atoms with Crippen molar-refractivity contribution >= 4 is 27.4 Å². The highest BCUT2D eigenvalue weighted by atomic mass is 79.9. The number of fused-ring (bicyclic) bond motifs is 2. The van der Waals surface area contributed by atoms with Gasteiger partial charge in [-0.05, 0) is 37.5 Å². The number of ketones is 1. The smallest absolute Gasteiger partial charge is 0.137 e. The van der Waals surface area contributed by atoms with E-state index >= 15 is 0 Å². The predicted molar refractivity (Wildman–Crippen MR) is 77.0 cm³/mol. The normalized spacial score (nSPS) is 26.1. The number of carbonyl (C=O) groups excluding carboxylic acids is 1. The van der Waals surface area contributed by atoms with Crippen LogP contribution in [-0.2, 0) is 4.79 Å². The monoisotopic (exact) mass is 318 g/mol. The maximum absolute atomic E-state index is 11.8. The van der Waals surface area contributed by atoms with Gasteiger partial charge in [-0.2, -0.15) is 5.26 Å². The number of Topliss-reactive ketones (excluding diaryl/α,β-unsaturated/α-hetero) is 1. The minimum absolute atomic E-state index is 0.279. The van der Waals surface area contributed by atoms with E-state index in [1.807, 2.05) is 18.2 Å². The van der Waals surface area contributed by atoms with Crippen LogP contribution in [0.5, 0.6) is 0 Å². The number of anilines is 1. The fraction of sp³-hybridized carbons (Fsp3) is 0.467. The van der Waals surface area contributed by atoms with E-state index in [-0.39, 0.29) is 12.1 Å². The summed E-state index contributed by atoms with van der Waals surface area (Å²) in [5, 5.41) is 9.30. The second kappa shape index (κ2) is 4.97.